The predicted molar refractivity (Wildman–Crippen MR) is 89.0 cm³/mol. The molecule has 2 heteroatoms. The summed E-state index contributed by atoms with van der Waals surface area (Å²) in [5.74, 6) is 0.409. The topological polar surface area (TPSA) is 26.0 Å². The van der Waals surface area contributed by atoms with Gasteiger partial charge >= 0.3 is 0 Å². The molecule has 0 atom stereocenters. The number of hydrogen-bond acceptors (Lipinski definition) is 2. The van der Waals surface area contributed by atoms with E-state index in [2.05, 4.69) is 65.8 Å². The second-order valence-electron chi connectivity index (χ2n) is 7.23. The van der Waals surface area contributed by atoms with Crippen LogP contribution in [0.5, 0.6) is 0 Å². The Morgan fingerprint density at radius 1 is 1.00 bits per heavy atom. The molecule has 2 nitrogen and oxygen atoms in total. The van der Waals surface area contributed by atoms with Gasteiger partial charge in [-0.3, -0.25) is 0 Å². The van der Waals surface area contributed by atoms with Crippen molar-refractivity contribution >= 4 is 22.1 Å². The highest BCUT2D eigenvalue weighted by atomic mass is 16.3. The number of hydrogen-bond donors (Lipinski definition) is 0. The number of rotatable bonds is 1. The summed E-state index contributed by atoms with van der Waals surface area (Å²) in [5.41, 5.74) is 5.44. The summed E-state index contributed by atoms with van der Waals surface area (Å²) in [6.45, 7) is 13.2. The molecule has 3 aromatic rings. The Morgan fingerprint density at radius 2 is 1.67 bits per heavy atom. The maximum Gasteiger partial charge on any atom is 0.227 e. The molecule has 0 aliphatic rings. The van der Waals surface area contributed by atoms with E-state index in [-0.39, 0.29) is 5.41 Å². The van der Waals surface area contributed by atoms with E-state index in [1.165, 1.54) is 16.5 Å². The van der Waals surface area contributed by atoms with Gasteiger partial charge in [0.1, 0.15) is 5.58 Å². The van der Waals surface area contributed by atoms with Gasteiger partial charge in [-0.1, -0.05) is 46.8 Å². The Balaban J connectivity index is 2.40. The summed E-state index contributed by atoms with van der Waals surface area (Å²) in [6, 6.07) is 8.60. The first-order chi connectivity index (χ1) is 9.79. The highest BCUT2D eigenvalue weighted by molar-refractivity contribution is 6.05. The smallest absolute Gasteiger partial charge is 0.227 e. The van der Waals surface area contributed by atoms with Crippen LogP contribution < -0.4 is 0 Å². The third-order valence-electron chi connectivity index (χ3n) is 4.08. The first-order valence-corrected chi connectivity index (χ1v) is 7.62. The van der Waals surface area contributed by atoms with Crippen molar-refractivity contribution < 1.29 is 4.42 Å². The summed E-state index contributed by atoms with van der Waals surface area (Å²) in [6.07, 6.45) is 0. The summed E-state index contributed by atoms with van der Waals surface area (Å²) in [7, 11) is 0. The van der Waals surface area contributed by atoms with Crippen LogP contribution in [0.1, 0.15) is 57.4 Å². The van der Waals surface area contributed by atoms with Crippen molar-refractivity contribution in [2.75, 3.05) is 0 Å². The Morgan fingerprint density at radius 3 is 2.29 bits per heavy atom. The van der Waals surface area contributed by atoms with E-state index in [0.29, 0.717) is 5.92 Å². The van der Waals surface area contributed by atoms with Crippen molar-refractivity contribution in [2.24, 2.45) is 0 Å². The molecule has 2 aromatic heterocycles. The Hall–Kier alpha value is -1.83. The number of furan rings is 1. The van der Waals surface area contributed by atoms with Crippen LogP contribution >= 0.6 is 0 Å². The third kappa shape index (κ3) is 2.23. The van der Waals surface area contributed by atoms with Crippen molar-refractivity contribution in [1.29, 1.82) is 0 Å². The average molecular weight is 281 g/mol. The van der Waals surface area contributed by atoms with Crippen LogP contribution in [0.4, 0.5) is 0 Å². The fraction of sp³-hybridized carbons (Fsp3) is 0.421. The summed E-state index contributed by atoms with van der Waals surface area (Å²) >= 11 is 0. The lowest BCUT2D eigenvalue weighted by Crippen LogP contribution is -2.13. The molecule has 0 saturated heterocycles. The van der Waals surface area contributed by atoms with Crippen LogP contribution in [0.25, 0.3) is 22.1 Å². The van der Waals surface area contributed by atoms with E-state index < -0.39 is 0 Å². The molecule has 21 heavy (non-hydrogen) atoms. The number of benzene rings is 1. The maximum atomic E-state index is 6.17. The molecular formula is C19H23NO. The molecule has 0 unspecified atom stereocenters. The second-order valence-corrected chi connectivity index (χ2v) is 7.23. The second kappa shape index (κ2) is 4.59. The van der Waals surface area contributed by atoms with Gasteiger partial charge in [-0.2, -0.15) is 0 Å². The minimum absolute atomic E-state index is 0.0539. The van der Waals surface area contributed by atoms with Gasteiger partial charge in [0.05, 0.1) is 0 Å². The van der Waals surface area contributed by atoms with E-state index in [0.717, 1.165) is 22.4 Å². The molecule has 0 saturated carbocycles. The molecule has 0 radical (unpaired) electrons. The zero-order chi connectivity index (χ0) is 15.4. The lowest BCUT2D eigenvalue weighted by Gasteiger charge is -2.21. The first kappa shape index (κ1) is 14.1. The minimum Gasteiger partial charge on any atom is -0.437 e. The van der Waals surface area contributed by atoms with Crippen LogP contribution in [-0.4, -0.2) is 4.98 Å². The largest absolute Gasteiger partial charge is 0.437 e. The standard InChI is InChI=1S/C19H23NO/c1-11(2)15-10-9-14-13-8-7-12(3)16(19(4,5)6)17(13)21-18(14)20-15/h7-11H,1-6H3. The predicted octanol–water partition coefficient (Wildman–Crippen LogP) is 5.71. The SMILES string of the molecule is Cc1ccc2c(oc3nc(C(C)C)ccc32)c1C(C)(C)C. The van der Waals surface area contributed by atoms with Crippen molar-refractivity contribution in [1.82, 2.24) is 4.98 Å². The lowest BCUT2D eigenvalue weighted by molar-refractivity contribution is 0.566. The van der Waals surface area contributed by atoms with E-state index in [4.69, 9.17) is 9.40 Å². The van der Waals surface area contributed by atoms with Gasteiger partial charge in [-0.25, -0.2) is 4.98 Å². The van der Waals surface area contributed by atoms with Crippen molar-refractivity contribution in [2.45, 2.75) is 52.9 Å². The Kier molecular flexibility index (Phi) is 3.09. The van der Waals surface area contributed by atoms with E-state index in [1.807, 2.05) is 0 Å². The molecular weight excluding hydrogens is 258 g/mol. The highest BCUT2D eigenvalue weighted by Gasteiger charge is 2.23. The molecule has 110 valence electrons. The number of aryl methyl sites for hydroxylation is 1. The quantitative estimate of drug-likeness (QED) is 0.571. The van der Waals surface area contributed by atoms with Gasteiger partial charge in [0.2, 0.25) is 5.71 Å². The van der Waals surface area contributed by atoms with Crippen LogP contribution in [0.3, 0.4) is 0 Å². The fourth-order valence-electron chi connectivity index (χ4n) is 3.09. The average Bonchev–Trinajstić information content (AvgIpc) is 2.73. The Bertz CT molecular complexity index is 819. The van der Waals surface area contributed by atoms with Gasteiger partial charge in [0, 0.05) is 22.0 Å². The van der Waals surface area contributed by atoms with E-state index in [9.17, 15) is 0 Å². The summed E-state index contributed by atoms with van der Waals surface area (Å²) < 4.78 is 6.17. The zero-order valence-electron chi connectivity index (χ0n) is 13.7. The zero-order valence-corrected chi connectivity index (χ0v) is 13.7. The number of nitrogens with zero attached hydrogens (tertiary/aromatic N) is 1. The van der Waals surface area contributed by atoms with Crippen LogP contribution in [0.15, 0.2) is 28.7 Å². The number of fused-ring (bicyclic) bond motifs is 3. The van der Waals surface area contributed by atoms with Crippen molar-refractivity contribution in [3.05, 3.63) is 41.1 Å². The van der Waals surface area contributed by atoms with Crippen molar-refractivity contribution in [3.8, 4) is 0 Å². The van der Waals surface area contributed by atoms with E-state index in [1.54, 1.807) is 0 Å². The van der Waals surface area contributed by atoms with Gasteiger partial charge in [-0.15, -0.1) is 0 Å². The van der Waals surface area contributed by atoms with Gasteiger partial charge in [0.25, 0.3) is 0 Å². The van der Waals surface area contributed by atoms with E-state index >= 15 is 0 Å². The number of pyridine rings is 1. The molecule has 0 aliphatic carbocycles. The fourth-order valence-corrected chi connectivity index (χ4v) is 3.09. The Labute approximate surface area is 126 Å². The summed E-state index contributed by atoms with van der Waals surface area (Å²) in [4.78, 5) is 4.70. The lowest BCUT2D eigenvalue weighted by atomic mass is 9.83. The molecule has 1 aromatic carbocycles. The molecule has 3 rings (SSSR count). The monoisotopic (exact) mass is 281 g/mol. The minimum atomic E-state index is 0.0539. The normalized spacial score (nSPS) is 12.7. The molecule has 0 amide bonds. The molecule has 2 heterocycles. The van der Waals surface area contributed by atoms with Gasteiger partial charge in [0.15, 0.2) is 0 Å². The van der Waals surface area contributed by atoms with Crippen molar-refractivity contribution in [3.63, 3.8) is 0 Å². The number of aromatic nitrogens is 1. The van der Waals surface area contributed by atoms with Gasteiger partial charge < -0.3 is 4.42 Å². The van der Waals surface area contributed by atoms with Crippen LogP contribution in [-0.2, 0) is 5.41 Å². The molecule has 0 N–H and O–H groups in total. The molecule has 0 bridgehead atoms. The molecule has 0 fully saturated rings. The first-order valence-electron chi connectivity index (χ1n) is 7.62. The highest BCUT2D eigenvalue weighted by Crippen LogP contribution is 2.37. The van der Waals surface area contributed by atoms with Crippen LogP contribution in [0.2, 0.25) is 0 Å². The summed E-state index contributed by atoms with van der Waals surface area (Å²) in [5, 5.41) is 2.28. The van der Waals surface area contributed by atoms with Gasteiger partial charge in [-0.05, 0) is 36.0 Å². The maximum absolute atomic E-state index is 6.17. The molecule has 0 aliphatic heterocycles. The molecule has 0 spiro atoms. The third-order valence-corrected chi connectivity index (χ3v) is 4.08. The van der Waals surface area contributed by atoms with Crippen LogP contribution in [0, 0.1) is 6.92 Å².